The molecule has 0 spiro atoms. The number of nitrogens with two attached hydrogens (primary N) is 1. The van der Waals surface area contributed by atoms with E-state index in [2.05, 4.69) is 15.9 Å². The first-order valence-electron chi connectivity index (χ1n) is 6.01. The highest BCUT2D eigenvalue weighted by molar-refractivity contribution is 9.10. The minimum atomic E-state index is -0.668. The van der Waals surface area contributed by atoms with Gasteiger partial charge in [-0.3, -0.25) is 0 Å². The number of aliphatic hydroxyl groups is 1. The van der Waals surface area contributed by atoms with Crippen LogP contribution in [0.3, 0.4) is 0 Å². The molecule has 0 aromatic heterocycles. The van der Waals surface area contributed by atoms with Crippen molar-refractivity contribution in [1.29, 1.82) is 0 Å². The Morgan fingerprint density at radius 2 is 1.84 bits per heavy atom. The fourth-order valence-electron chi connectivity index (χ4n) is 2.11. The number of halogens is 2. The summed E-state index contributed by atoms with van der Waals surface area (Å²) in [6.45, 7) is 0.375. The molecule has 0 heterocycles. The topological polar surface area (TPSA) is 46.2 Å². The normalized spacial score (nSPS) is 14.1. The number of benzene rings is 2. The summed E-state index contributed by atoms with van der Waals surface area (Å²) in [5.41, 5.74) is 7.64. The van der Waals surface area contributed by atoms with E-state index in [1.807, 2.05) is 36.4 Å². The average Bonchev–Trinajstić information content (AvgIpc) is 2.40. The zero-order valence-electron chi connectivity index (χ0n) is 10.3. The molecule has 0 bridgehead atoms. The molecule has 0 saturated heterocycles. The number of hydrogen-bond acceptors (Lipinski definition) is 2. The van der Waals surface area contributed by atoms with Crippen molar-refractivity contribution in [3.05, 3.63) is 69.2 Å². The largest absolute Gasteiger partial charge is 0.388 e. The zero-order valence-corrected chi connectivity index (χ0v) is 12.6. The smallest absolute Gasteiger partial charge is 0.0881 e. The molecule has 2 aromatic carbocycles. The predicted octanol–water partition coefficient (Wildman–Crippen LogP) is 3.88. The summed E-state index contributed by atoms with van der Waals surface area (Å²) in [6, 6.07) is 15.2. The molecule has 2 atom stereocenters. The molecule has 0 radical (unpaired) electrons. The van der Waals surface area contributed by atoms with Crippen LogP contribution in [0.15, 0.2) is 53.0 Å². The van der Waals surface area contributed by atoms with Crippen molar-refractivity contribution in [1.82, 2.24) is 0 Å². The van der Waals surface area contributed by atoms with Crippen LogP contribution < -0.4 is 5.73 Å². The summed E-state index contributed by atoms with van der Waals surface area (Å²) in [4.78, 5) is 0. The highest BCUT2D eigenvalue weighted by atomic mass is 79.9. The standard InChI is InChI=1S/C15H15BrClNO/c16-14-8-11(17)6-7-12(14)15(19)13(9-18)10-4-2-1-3-5-10/h1-8,13,15,19H,9,18H2. The van der Waals surface area contributed by atoms with E-state index in [4.69, 9.17) is 17.3 Å². The molecule has 2 rings (SSSR count). The lowest BCUT2D eigenvalue weighted by Gasteiger charge is -2.23. The van der Waals surface area contributed by atoms with Gasteiger partial charge < -0.3 is 10.8 Å². The van der Waals surface area contributed by atoms with E-state index in [-0.39, 0.29) is 5.92 Å². The lowest BCUT2D eigenvalue weighted by Crippen LogP contribution is -2.20. The second-order valence-electron chi connectivity index (χ2n) is 4.36. The van der Waals surface area contributed by atoms with Gasteiger partial charge in [0.2, 0.25) is 0 Å². The van der Waals surface area contributed by atoms with E-state index >= 15 is 0 Å². The predicted molar refractivity (Wildman–Crippen MR) is 82.3 cm³/mol. The maximum absolute atomic E-state index is 10.6. The second kappa shape index (κ2) is 6.53. The number of hydrogen-bond donors (Lipinski definition) is 2. The van der Waals surface area contributed by atoms with Gasteiger partial charge in [0.1, 0.15) is 0 Å². The fourth-order valence-corrected chi connectivity index (χ4v) is 3.02. The van der Waals surface area contributed by atoms with Gasteiger partial charge in [0, 0.05) is 22.0 Å². The highest BCUT2D eigenvalue weighted by Crippen LogP contribution is 2.35. The second-order valence-corrected chi connectivity index (χ2v) is 5.65. The van der Waals surface area contributed by atoms with Crippen molar-refractivity contribution >= 4 is 27.5 Å². The van der Waals surface area contributed by atoms with Gasteiger partial charge in [-0.1, -0.05) is 63.9 Å². The van der Waals surface area contributed by atoms with Gasteiger partial charge in [-0.15, -0.1) is 0 Å². The van der Waals surface area contributed by atoms with Crippen LogP contribution in [0, 0.1) is 0 Å². The molecule has 0 amide bonds. The molecule has 3 N–H and O–H groups in total. The Bertz CT molecular complexity index is 547. The van der Waals surface area contributed by atoms with Gasteiger partial charge >= 0.3 is 0 Å². The number of rotatable bonds is 4. The van der Waals surface area contributed by atoms with Crippen molar-refractivity contribution in [3.8, 4) is 0 Å². The van der Waals surface area contributed by atoms with Crippen molar-refractivity contribution in [2.24, 2.45) is 5.73 Å². The highest BCUT2D eigenvalue weighted by Gasteiger charge is 2.23. The molecular formula is C15H15BrClNO. The van der Waals surface area contributed by atoms with Crippen LogP contribution in [-0.2, 0) is 0 Å². The van der Waals surface area contributed by atoms with Crippen LogP contribution in [-0.4, -0.2) is 11.7 Å². The summed E-state index contributed by atoms with van der Waals surface area (Å²) >= 11 is 9.35. The van der Waals surface area contributed by atoms with E-state index in [0.29, 0.717) is 11.6 Å². The molecule has 4 heteroatoms. The number of aliphatic hydroxyl groups excluding tert-OH is 1. The van der Waals surface area contributed by atoms with Gasteiger partial charge in [0.05, 0.1) is 6.10 Å². The van der Waals surface area contributed by atoms with E-state index < -0.39 is 6.10 Å². The van der Waals surface area contributed by atoms with E-state index in [0.717, 1.165) is 15.6 Å². The summed E-state index contributed by atoms with van der Waals surface area (Å²) < 4.78 is 0.793. The molecule has 2 unspecified atom stereocenters. The molecular weight excluding hydrogens is 326 g/mol. The Kier molecular flexibility index (Phi) is 4.99. The van der Waals surface area contributed by atoms with E-state index in [9.17, 15) is 5.11 Å². The van der Waals surface area contributed by atoms with Crippen molar-refractivity contribution in [2.45, 2.75) is 12.0 Å². The first-order chi connectivity index (χ1) is 9.13. The molecule has 2 nitrogen and oxygen atoms in total. The molecule has 0 saturated carbocycles. The van der Waals surface area contributed by atoms with Crippen LogP contribution in [0.25, 0.3) is 0 Å². The Balaban J connectivity index is 2.33. The van der Waals surface area contributed by atoms with Gasteiger partial charge in [-0.05, 0) is 23.3 Å². The quantitative estimate of drug-likeness (QED) is 0.887. The Morgan fingerprint density at radius 3 is 2.42 bits per heavy atom. The summed E-state index contributed by atoms with van der Waals surface area (Å²) in [6.07, 6.45) is -0.668. The van der Waals surface area contributed by atoms with E-state index in [1.54, 1.807) is 12.1 Å². The van der Waals surface area contributed by atoms with Crippen molar-refractivity contribution in [3.63, 3.8) is 0 Å². The molecule has 0 aliphatic rings. The molecule has 0 aliphatic carbocycles. The Morgan fingerprint density at radius 1 is 1.16 bits per heavy atom. The maximum Gasteiger partial charge on any atom is 0.0881 e. The summed E-state index contributed by atoms with van der Waals surface area (Å²) in [5.74, 6) is -0.140. The third-order valence-electron chi connectivity index (χ3n) is 3.14. The monoisotopic (exact) mass is 339 g/mol. The Labute approximate surface area is 126 Å². The third-order valence-corrected chi connectivity index (χ3v) is 4.07. The van der Waals surface area contributed by atoms with E-state index in [1.165, 1.54) is 0 Å². The maximum atomic E-state index is 10.6. The summed E-state index contributed by atoms with van der Waals surface area (Å²) in [7, 11) is 0. The molecule has 100 valence electrons. The van der Waals surface area contributed by atoms with Crippen LogP contribution in [0.2, 0.25) is 5.02 Å². The molecule has 19 heavy (non-hydrogen) atoms. The lowest BCUT2D eigenvalue weighted by atomic mass is 9.89. The van der Waals surface area contributed by atoms with Crippen molar-refractivity contribution < 1.29 is 5.11 Å². The first-order valence-corrected chi connectivity index (χ1v) is 7.18. The zero-order chi connectivity index (χ0) is 13.8. The van der Waals surface area contributed by atoms with Crippen LogP contribution in [0.5, 0.6) is 0 Å². The van der Waals surface area contributed by atoms with Crippen molar-refractivity contribution in [2.75, 3.05) is 6.54 Å². The minimum Gasteiger partial charge on any atom is -0.388 e. The first kappa shape index (κ1) is 14.5. The molecule has 2 aromatic rings. The minimum absolute atomic E-state index is 0.140. The SMILES string of the molecule is NCC(c1ccccc1)C(O)c1ccc(Cl)cc1Br. The lowest BCUT2D eigenvalue weighted by molar-refractivity contribution is 0.146. The van der Waals surface area contributed by atoms with Gasteiger partial charge in [-0.2, -0.15) is 0 Å². The van der Waals surface area contributed by atoms with Crippen LogP contribution in [0.1, 0.15) is 23.1 Å². The van der Waals surface area contributed by atoms with Crippen LogP contribution in [0.4, 0.5) is 0 Å². The van der Waals surface area contributed by atoms with Gasteiger partial charge in [0.15, 0.2) is 0 Å². The van der Waals surface area contributed by atoms with Crippen LogP contribution >= 0.6 is 27.5 Å². The van der Waals surface area contributed by atoms with Gasteiger partial charge in [-0.25, -0.2) is 0 Å². The Hall–Kier alpha value is -0.870. The third kappa shape index (κ3) is 3.37. The molecule has 0 fully saturated rings. The average molecular weight is 341 g/mol. The summed E-state index contributed by atoms with van der Waals surface area (Å²) in [5, 5.41) is 11.2. The molecule has 0 aliphatic heterocycles. The van der Waals surface area contributed by atoms with Gasteiger partial charge in [0.25, 0.3) is 0 Å². The fraction of sp³-hybridized carbons (Fsp3) is 0.200.